The molecule has 0 unspecified atom stereocenters. The Morgan fingerprint density at radius 2 is 2.26 bits per heavy atom. The molecule has 3 heterocycles. The standard InChI is InChI=1S/C25H28ClFN2O3S2/c1-32-17-3-5-23-19(14-17)18(6-9-28-23)22(27)4-2-16-7-10-29(15-20(16)24(30)31)11-13-34-25-21(26)8-12-33-25/h3,5-6,8-9,12,14,16,20,22H,2,4,7,10-11,13,15H2,1H3,(H,30,31)/t16-,20+,22-/m1/s1. The summed E-state index contributed by atoms with van der Waals surface area (Å²) in [6, 6.07) is 9.05. The van der Waals surface area contributed by atoms with Gasteiger partial charge in [0.2, 0.25) is 0 Å². The van der Waals surface area contributed by atoms with Crippen LogP contribution < -0.4 is 4.74 Å². The molecule has 5 nitrogen and oxygen atoms in total. The number of thiophene rings is 1. The smallest absolute Gasteiger partial charge is 0.308 e. The first-order valence-electron chi connectivity index (χ1n) is 11.3. The number of ether oxygens (including phenoxy) is 1. The van der Waals surface area contributed by atoms with E-state index in [9.17, 15) is 9.90 Å². The van der Waals surface area contributed by atoms with Crippen LogP contribution in [0.3, 0.4) is 0 Å². The maximum absolute atomic E-state index is 15.4. The minimum atomic E-state index is -1.18. The van der Waals surface area contributed by atoms with Gasteiger partial charge in [-0.2, -0.15) is 0 Å². The average molecular weight is 523 g/mol. The number of halogens is 2. The second-order valence-corrected chi connectivity index (χ2v) is 11.2. The molecule has 0 radical (unpaired) electrons. The number of aliphatic carboxylic acids is 1. The van der Waals surface area contributed by atoms with E-state index in [1.807, 2.05) is 29.6 Å². The highest BCUT2D eigenvalue weighted by Gasteiger charge is 2.34. The lowest BCUT2D eigenvalue weighted by Gasteiger charge is -2.36. The van der Waals surface area contributed by atoms with E-state index in [2.05, 4.69) is 9.88 Å². The summed E-state index contributed by atoms with van der Waals surface area (Å²) in [6.45, 7) is 2.15. The van der Waals surface area contributed by atoms with E-state index in [1.54, 1.807) is 42.5 Å². The van der Waals surface area contributed by atoms with Gasteiger partial charge in [0.1, 0.15) is 11.9 Å². The minimum absolute atomic E-state index is 0.0333. The molecule has 1 fully saturated rings. The van der Waals surface area contributed by atoms with E-state index in [0.717, 1.165) is 45.4 Å². The summed E-state index contributed by atoms with van der Waals surface area (Å²) in [7, 11) is 1.58. The fraction of sp³-hybridized carbons (Fsp3) is 0.440. The molecule has 3 atom stereocenters. The molecule has 1 N–H and O–H groups in total. The summed E-state index contributed by atoms with van der Waals surface area (Å²) in [5, 5.41) is 13.3. The number of carboxylic acid groups (broad SMARTS) is 1. The van der Waals surface area contributed by atoms with Crippen molar-refractivity contribution >= 4 is 51.6 Å². The molecular formula is C25H28ClFN2O3S2. The van der Waals surface area contributed by atoms with Crippen molar-refractivity contribution in [2.75, 3.05) is 32.5 Å². The summed E-state index contributed by atoms with van der Waals surface area (Å²) in [6.07, 6.45) is 2.03. The van der Waals surface area contributed by atoms with Gasteiger partial charge in [-0.1, -0.05) is 11.6 Å². The van der Waals surface area contributed by atoms with Gasteiger partial charge in [-0.3, -0.25) is 9.78 Å². The summed E-state index contributed by atoms with van der Waals surface area (Å²) in [5.41, 5.74) is 1.30. The van der Waals surface area contributed by atoms with Gasteiger partial charge in [0.25, 0.3) is 0 Å². The highest BCUT2D eigenvalue weighted by Crippen LogP contribution is 2.36. The van der Waals surface area contributed by atoms with E-state index in [-0.39, 0.29) is 12.3 Å². The number of rotatable bonds is 10. The van der Waals surface area contributed by atoms with Gasteiger partial charge in [0.15, 0.2) is 0 Å². The maximum atomic E-state index is 15.4. The lowest BCUT2D eigenvalue weighted by atomic mass is 9.81. The van der Waals surface area contributed by atoms with Crippen LogP contribution in [0.4, 0.5) is 4.39 Å². The monoisotopic (exact) mass is 522 g/mol. The van der Waals surface area contributed by atoms with Crippen molar-refractivity contribution in [3.05, 3.63) is 52.5 Å². The topological polar surface area (TPSA) is 62.7 Å². The number of nitrogens with zero attached hydrogens (tertiary/aromatic N) is 2. The molecule has 0 saturated carbocycles. The zero-order chi connectivity index (χ0) is 24.1. The molecule has 0 aliphatic carbocycles. The first-order valence-corrected chi connectivity index (χ1v) is 13.6. The molecule has 1 aliphatic rings. The number of methoxy groups -OCH3 is 1. The third-order valence-electron chi connectivity index (χ3n) is 6.49. The molecule has 9 heteroatoms. The number of fused-ring (bicyclic) bond motifs is 1. The number of carbonyl (C=O) groups is 1. The Hall–Kier alpha value is -1.87. The molecule has 34 heavy (non-hydrogen) atoms. The number of alkyl halides is 1. The van der Waals surface area contributed by atoms with Gasteiger partial charge in [0.05, 0.1) is 27.8 Å². The molecule has 0 amide bonds. The van der Waals surface area contributed by atoms with Gasteiger partial charge < -0.3 is 14.7 Å². The third-order valence-corrected chi connectivity index (χ3v) is 9.25. The van der Waals surface area contributed by atoms with Crippen molar-refractivity contribution < 1.29 is 19.0 Å². The molecule has 0 bridgehead atoms. The maximum Gasteiger partial charge on any atom is 0.308 e. The summed E-state index contributed by atoms with van der Waals surface area (Å²) in [5.74, 6) is 0.215. The Morgan fingerprint density at radius 3 is 3.00 bits per heavy atom. The van der Waals surface area contributed by atoms with E-state index in [0.29, 0.717) is 24.3 Å². The Bertz CT molecular complexity index is 1130. The van der Waals surface area contributed by atoms with Gasteiger partial charge in [-0.05, 0) is 73.0 Å². The molecule has 1 aliphatic heterocycles. The molecule has 182 valence electrons. The minimum Gasteiger partial charge on any atom is -0.497 e. The fourth-order valence-corrected chi connectivity index (χ4v) is 6.98. The second-order valence-electron chi connectivity index (χ2n) is 8.53. The number of carboxylic acids is 1. The van der Waals surface area contributed by atoms with Gasteiger partial charge in [-0.15, -0.1) is 23.1 Å². The lowest BCUT2D eigenvalue weighted by Crippen LogP contribution is -2.44. The third kappa shape index (κ3) is 6.03. The summed E-state index contributed by atoms with van der Waals surface area (Å²) in [4.78, 5) is 18.5. The van der Waals surface area contributed by atoms with Crippen LogP contribution in [0.5, 0.6) is 5.75 Å². The van der Waals surface area contributed by atoms with E-state index in [1.165, 1.54) is 0 Å². The molecule has 1 aromatic carbocycles. The number of thioether (sulfide) groups is 1. The molecule has 1 saturated heterocycles. The van der Waals surface area contributed by atoms with Crippen molar-refractivity contribution in [3.8, 4) is 5.75 Å². The van der Waals surface area contributed by atoms with Crippen LogP contribution in [0.15, 0.2) is 46.1 Å². The largest absolute Gasteiger partial charge is 0.497 e. The Kier molecular flexibility index (Phi) is 8.69. The predicted molar refractivity (Wildman–Crippen MR) is 137 cm³/mol. The van der Waals surface area contributed by atoms with Crippen molar-refractivity contribution in [1.29, 1.82) is 0 Å². The number of hydrogen-bond donors (Lipinski definition) is 1. The Labute approximate surface area is 212 Å². The zero-order valence-corrected chi connectivity index (χ0v) is 21.3. The SMILES string of the molecule is COc1ccc2nccc([C@H](F)CC[C@@H]3CCN(CCSc4sccc4Cl)C[C@@H]3C(=O)O)c2c1. The van der Waals surface area contributed by atoms with Crippen LogP contribution in [0.2, 0.25) is 5.02 Å². The fourth-order valence-electron chi connectivity index (χ4n) is 4.61. The summed E-state index contributed by atoms with van der Waals surface area (Å²) < 4.78 is 21.7. The Balaban J connectivity index is 1.34. The van der Waals surface area contributed by atoms with Gasteiger partial charge in [0, 0.05) is 30.4 Å². The first kappa shape index (κ1) is 25.2. The van der Waals surface area contributed by atoms with Crippen LogP contribution in [-0.4, -0.2) is 53.5 Å². The van der Waals surface area contributed by atoms with Crippen molar-refractivity contribution in [1.82, 2.24) is 9.88 Å². The molecule has 0 spiro atoms. The van der Waals surface area contributed by atoms with E-state index >= 15 is 4.39 Å². The number of piperidine rings is 1. The number of hydrogen-bond acceptors (Lipinski definition) is 6. The number of aromatic nitrogens is 1. The van der Waals surface area contributed by atoms with Crippen molar-refractivity contribution in [3.63, 3.8) is 0 Å². The molecule has 2 aromatic heterocycles. The molecular weight excluding hydrogens is 495 g/mol. The molecule has 3 aromatic rings. The number of pyridine rings is 1. The van der Waals surface area contributed by atoms with E-state index in [4.69, 9.17) is 16.3 Å². The Morgan fingerprint density at radius 1 is 1.41 bits per heavy atom. The molecule has 4 rings (SSSR count). The van der Waals surface area contributed by atoms with Crippen LogP contribution in [-0.2, 0) is 4.79 Å². The van der Waals surface area contributed by atoms with Crippen molar-refractivity contribution in [2.24, 2.45) is 11.8 Å². The van der Waals surface area contributed by atoms with Crippen LogP contribution >= 0.6 is 34.7 Å². The van der Waals surface area contributed by atoms with Gasteiger partial charge >= 0.3 is 5.97 Å². The number of benzene rings is 1. The number of likely N-dealkylation sites (tertiary alicyclic amines) is 1. The van der Waals surface area contributed by atoms with Crippen LogP contribution in [0.25, 0.3) is 10.9 Å². The predicted octanol–water partition coefficient (Wildman–Crippen LogP) is 6.56. The normalized spacial score (nSPS) is 19.9. The van der Waals surface area contributed by atoms with E-state index < -0.39 is 18.1 Å². The van der Waals surface area contributed by atoms with Crippen LogP contribution in [0.1, 0.15) is 31.0 Å². The summed E-state index contributed by atoms with van der Waals surface area (Å²) >= 11 is 9.49. The van der Waals surface area contributed by atoms with Crippen molar-refractivity contribution in [2.45, 2.75) is 29.6 Å². The first-order chi connectivity index (χ1) is 16.5. The van der Waals surface area contributed by atoms with Crippen LogP contribution in [0, 0.1) is 11.8 Å². The highest BCUT2D eigenvalue weighted by atomic mass is 35.5. The average Bonchev–Trinajstić information content (AvgIpc) is 3.26. The quantitative estimate of drug-likeness (QED) is 0.304. The highest BCUT2D eigenvalue weighted by molar-refractivity contribution is 8.01. The second kappa shape index (κ2) is 11.7. The van der Waals surface area contributed by atoms with Gasteiger partial charge in [-0.25, -0.2) is 4.39 Å². The zero-order valence-electron chi connectivity index (χ0n) is 19.0. The lowest BCUT2D eigenvalue weighted by molar-refractivity contribution is -0.146.